The predicted molar refractivity (Wildman–Crippen MR) is 132 cm³/mol. The van der Waals surface area contributed by atoms with Crippen molar-refractivity contribution in [1.82, 2.24) is 20.2 Å². The van der Waals surface area contributed by atoms with E-state index in [4.69, 9.17) is 5.73 Å². The Kier molecular flexibility index (Phi) is 7.76. The van der Waals surface area contributed by atoms with E-state index < -0.39 is 28.9 Å². The number of nitrogens with one attached hydrogen (secondary N) is 2. The summed E-state index contributed by atoms with van der Waals surface area (Å²) in [6.07, 6.45) is 2.11. The molecule has 0 atom stereocenters. The number of allylic oxidation sites excluding steroid dienone is 1. The molecule has 3 rings (SSSR count). The standard InChI is InChI=1S/C25H25F3N8O/c1-14-32-23(36-35-14)24(2,3)31-13-16(12-30)22-15(11-29)8-18(9-19(22)26)34-21(37)10-17-6-5-7-20(33-17)25(4,27)28/h5-9,12-13H,10,30H2,1-4H3,(H,34,37)(H,32,35,36)/b16-12+,31-13?. The van der Waals surface area contributed by atoms with Gasteiger partial charge in [-0.25, -0.2) is 9.37 Å². The van der Waals surface area contributed by atoms with Gasteiger partial charge in [0.2, 0.25) is 5.91 Å². The van der Waals surface area contributed by atoms with Crippen LogP contribution in [-0.2, 0) is 22.7 Å². The van der Waals surface area contributed by atoms with Crippen LogP contribution in [0, 0.1) is 24.1 Å². The Hall–Kier alpha value is -4.53. The Morgan fingerprint density at radius 3 is 2.59 bits per heavy atom. The van der Waals surface area contributed by atoms with Crippen LogP contribution in [-0.4, -0.2) is 32.3 Å². The molecule has 0 unspecified atom stereocenters. The van der Waals surface area contributed by atoms with E-state index in [2.05, 4.69) is 30.5 Å². The molecule has 2 heterocycles. The zero-order valence-electron chi connectivity index (χ0n) is 20.6. The van der Waals surface area contributed by atoms with Crippen molar-refractivity contribution in [1.29, 1.82) is 5.26 Å². The van der Waals surface area contributed by atoms with Crippen LogP contribution in [0.1, 0.15) is 54.9 Å². The van der Waals surface area contributed by atoms with Crippen LogP contribution in [0.25, 0.3) is 5.57 Å². The molecule has 0 aliphatic heterocycles. The molecule has 0 saturated carbocycles. The van der Waals surface area contributed by atoms with Crippen LogP contribution in [0.5, 0.6) is 0 Å². The number of halogens is 3. The number of nitrogens with zero attached hydrogens (tertiary/aromatic N) is 5. The van der Waals surface area contributed by atoms with Crippen molar-refractivity contribution in [3.63, 3.8) is 0 Å². The van der Waals surface area contributed by atoms with E-state index in [1.54, 1.807) is 20.8 Å². The highest BCUT2D eigenvalue weighted by atomic mass is 19.3. The predicted octanol–water partition coefficient (Wildman–Crippen LogP) is 4.12. The summed E-state index contributed by atoms with van der Waals surface area (Å²) >= 11 is 0. The topological polar surface area (TPSA) is 146 Å². The molecule has 0 aliphatic rings. The normalized spacial score (nSPS) is 12.5. The largest absolute Gasteiger partial charge is 0.404 e. The Bertz CT molecular complexity index is 1410. The maximum Gasteiger partial charge on any atom is 0.286 e. The first-order valence-electron chi connectivity index (χ1n) is 11.1. The van der Waals surface area contributed by atoms with Crippen molar-refractivity contribution in [3.8, 4) is 6.07 Å². The molecule has 3 aromatic rings. The highest BCUT2D eigenvalue weighted by molar-refractivity contribution is 6.11. The maximum absolute atomic E-state index is 15.2. The molecule has 2 aromatic heterocycles. The molecule has 0 fully saturated rings. The van der Waals surface area contributed by atoms with Crippen LogP contribution in [0.4, 0.5) is 18.9 Å². The van der Waals surface area contributed by atoms with Gasteiger partial charge in [-0.2, -0.15) is 19.1 Å². The molecular weight excluding hydrogens is 485 g/mol. The van der Waals surface area contributed by atoms with Crippen molar-refractivity contribution >= 4 is 23.4 Å². The molecule has 0 bridgehead atoms. The first kappa shape index (κ1) is 27.1. The lowest BCUT2D eigenvalue weighted by Gasteiger charge is -2.16. The smallest absolute Gasteiger partial charge is 0.286 e. The summed E-state index contributed by atoms with van der Waals surface area (Å²) in [5.74, 6) is -3.59. The average Bonchev–Trinajstić information content (AvgIpc) is 3.27. The Labute approximate surface area is 211 Å². The van der Waals surface area contributed by atoms with Gasteiger partial charge in [0.25, 0.3) is 5.92 Å². The van der Waals surface area contributed by atoms with Gasteiger partial charge in [0.1, 0.15) is 22.9 Å². The lowest BCUT2D eigenvalue weighted by atomic mass is 9.99. The minimum absolute atomic E-state index is 0.00427. The van der Waals surface area contributed by atoms with Crippen LogP contribution in [0.2, 0.25) is 0 Å². The van der Waals surface area contributed by atoms with Crippen molar-refractivity contribution < 1.29 is 18.0 Å². The number of rotatable bonds is 8. The second kappa shape index (κ2) is 10.6. The lowest BCUT2D eigenvalue weighted by molar-refractivity contribution is -0.115. The molecule has 4 N–H and O–H groups in total. The number of benzene rings is 1. The molecular formula is C25H25F3N8O. The van der Waals surface area contributed by atoms with E-state index in [0.29, 0.717) is 18.6 Å². The van der Waals surface area contributed by atoms with E-state index in [9.17, 15) is 18.8 Å². The lowest BCUT2D eigenvalue weighted by Crippen LogP contribution is -2.18. The van der Waals surface area contributed by atoms with Crippen molar-refractivity contribution in [2.75, 3.05) is 5.32 Å². The highest BCUT2D eigenvalue weighted by Gasteiger charge is 2.27. The number of hydrogen-bond acceptors (Lipinski definition) is 7. The first-order valence-corrected chi connectivity index (χ1v) is 11.1. The zero-order chi connectivity index (χ0) is 27.4. The Morgan fingerprint density at radius 2 is 2.00 bits per heavy atom. The third kappa shape index (κ3) is 6.58. The van der Waals surface area contributed by atoms with Gasteiger partial charge >= 0.3 is 0 Å². The van der Waals surface area contributed by atoms with Gasteiger partial charge in [0, 0.05) is 36.2 Å². The van der Waals surface area contributed by atoms with Gasteiger partial charge in [-0.1, -0.05) is 6.07 Å². The van der Waals surface area contributed by atoms with Gasteiger partial charge in [0.05, 0.1) is 23.7 Å². The summed E-state index contributed by atoms with van der Waals surface area (Å²) in [5.41, 5.74) is 4.43. The fraction of sp³-hybridized carbons (Fsp3) is 0.280. The summed E-state index contributed by atoms with van der Waals surface area (Å²) in [7, 11) is 0. The quantitative estimate of drug-likeness (QED) is 0.389. The van der Waals surface area contributed by atoms with Crippen molar-refractivity contribution in [2.45, 2.75) is 45.6 Å². The number of aryl methyl sites for hydroxylation is 1. The average molecular weight is 511 g/mol. The van der Waals surface area contributed by atoms with Gasteiger partial charge in [-0.05, 0) is 45.0 Å². The number of hydrogen-bond donors (Lipinski definition) is 3. The minimum Gasteiger partial charge on any atom is -0.404 e. The van der Waals surface area contributed by atoms with Crippen LogP contribution in [0.3, 0.4) is 0 Å². The molecule has 192 valence electrons. The van der Waals surface area contributed by atoms with Gasteiger partial charge in [-0.15, -0.1) is 0 Å². The molecule has 12 heteroatoms. The third-order valence-electron chi connectivity index (χ3n) is 5.23. The number of carbonyl (C=O) groups is 1. The molecule has 0 spiro atoms. The number of aromatic nitrogens is 4. The van der Waals surface area contributed by atoms with E-state index in [0.717, 1.165) is 18.3 Å². The molecule has 1 aromatic carbocycles. The highest BCUT2D eigenvalue weighted by Crippen LogP contribution is 2.28. The van der Waals surface area contributed by atoms with E-state index >= 15 is 4.39 Å². The molecule has 1 amide bonds. The second-order valence-electron chi connectivity index (χ2n) is 8.80. The van der Waals surface area contributed by atoms with E-state index in [1.807, 2.05) is 6.07 Å². The number of pyridine rings is 1. The van der Waals surface area contributed by atoms with E-state index in [1.165, 1.54) is 24.4 Å². The summed E-state index contributed by atoms with van der Waals surface area (Å²) in [6.45, 7) is 5.96. The third-order valence-corrected chi connectivity index (χ3v) is 5.23. The summed E-state index contributed by atoms with van der Waals surface area (Å²) < 4.78 is 42.2. The van der Waals surface area contributed by atoms with Crippen LogP contribution >= 0.6 is 0 Å². The number of H-pyrrole nitrogens is 1. The number of alkyl halides is 2. The minimum atomic E-state index is -3.16. The summed E-state index contributed by atoms with van der Waals surface area (Å²) in [4.78, 5) is 24.9. The SMILES string of the molecule is Cc1nc(C(C)(C)N=C/C(=C\N)c2c(F)cc(NC(=O)Cc3cccc(C(C)(F)F)n3)cc2C#N)n[nH]1. The van der Waals surface area contributed by atoms with Crippen molar-refractivity contribution in [2.24, 2.45) is 10.7 Å². The Balaban J connectivity index is 1.82. The van der Waals surface area contributed by atoms with Crippen molar-refractivity contribution in [3.05, 3.63) is 76.5 Å². The Morgan fingerprint density at radius 1 is 1.27 bits per heavy atom. The number of aliphatic imine (C=N–C) groups is 1. The number of amides is 1. The molecule has 37 heavy (non-hydrogen) atoms. The van der Waals surface area contributed by atoms with Gasteiger partial charge < -0.3 is 11.1 Å². The second-order valence-corrected chi connectivity index (χ2v) is 8.80. The molecule has 0 radical (unpaired) electrons. The first-order chi connectivity index (χ1) is 17.3. The van der Waals surface area contributed by atoms with E-state index in [-0.39, 0.29) is 34.5 Å². The summed E-state index contributed by atoms with van der Waals surface area (Å²) in [6, 6.07) is 8.16. The summed E-state index contributed by atoms with van der Waals surface area (Å²) in [5, 5.41) is 18.9. The van der Waals surface area contributed by atoms with Crippen LogP contribution < -0.4 is 11.1 Å². The molecule has 9 nitrogen and oxygen atoms in total. The number of nitriles is 1. The monoisotopic (exact) mass is 510 g/mol. The zero-order valence-corrected chi connectivity index (χ0v) is 20.6. The number of carbonyl (C=O) groups excluding carboxylic acids is 1. The van der Waals surface area contributed by atoms with Crippen LogP contribution in [0.15, 0.2) is 41.5 Å². The number of anilines is 1. The fourth-order valence-electron chi connectivity index (χ4n) is 3.35. The fourth-order valence-corrected chi connectivity index (χ4v) is 3.35. The van der Waals surface area contributed by atoms with Gasteiger partial charge in [0.15, 0.2) is 5.82 Å². The number of aromatic amines is 1. The van der Waals surface area contributed by atoms with Gasteiger partial charge in [-0.3, -0.25) is 19.9 Å². The maximum atomic E-state index is 15.2. The molecule has 0 saturated heterocycles. The number of nitrogens with two attached hydrogens (primary N) is 1. The molecule has 0 aliphatic carbocycles.